The molecule has 0 saturated heterocycles. The average molecular weight is 421 g/mol. The van der Waals surface area contributed by atoms with Crippen LogP contribution in [0, 0.1) is 19.3 Å². The Kier molecular flexibility index (Phi) is 5.63. The summed E-state index contributed by atoms with van der Waals surface area (Å²) in [5.74, 6) is 0.374. The summed E-state index contributed by atoms with van der Waals surface area (Å²) < 4.78 is 44.8. The first kappa shape index (κ1) is 21.2. The van der Waals surface area contributed by atoms with Crippen molar-refractivity contribution in [1.29, 1.82) is 0 Å². The number of anilines is 1. The number of ether oxygens (including phenoxy) is 1. The first-order valence-corrected chi connectivity index (χ1v) is 9.94. The molecule has 0 saturated carbocycles. The maximum absolute atomic E-state index is 13.1. The molecule has 0 spiro atoms. The minimum absolute atomic E-state index is 0.374. The van der Waals surface area contributed by atoms with Crippen molar-refractivity contribution in [2.24, 2.45) is 5.41 Å². The number of alkyl halides is 3. The number of rotatable bonds is 5. The lowest BCUT2D eigenvalue weighted by Crippen LogP contribution is -2.37. The summed E-state index contributed by atoms with van der Waals surface area (Å²) in [6.45, 7) is 5.81. The van der Waals surface area contributed by atoms with Gasteiger partial charge in [0.2, 0.25) is 0 Å². The molecule has 0 amide bonds. The fourth-order valence-corrected chi connectivity index (χ4v) is 3.80. The van der Waals surface area contributed by atoms with Crippen molar-refractivity contribution in [1.82, 2.24) is 4.98 Å². The summed E-state index contributed by atoms with van der Waals surface area (Å²) in [6.07, 6.45) is -4.34. The lowest BCUT2D eigenvalue weighted by molar-refractivity contribution is -0.219. The van der Waals surface area contributed by atoms with Gasteiger partial charge in [-0.1, -0.05) is 41.7 Å². The fraction of sp³-hybridized carbons (Fsp3) is 0.318. The normalized spacial score (nSPS) is 12.2. The SMILES string of the molecule is Cc1cccc(C)c1-c1nc(N)sc1-c1cccc(OCC(C)(C)C(F)(F)F)c1. The molecule has 0 fully saturated rings. The van der Waals surface area contributed by atoms with Crippen LogP contribution >= 0.6 is 11.3 Å². The van der Waals surface area contributed by atoms with Gasteiger partial charge in [-0.05, 0) is 56.5 Å². The molecule has 29 heavy (non-hydrogen) atoms. The smallest absolute Gasteiger partial charge is 0.397 e. The standard InChI is InChI=1S/C22H23F3N2OS/c1-13-7-5-8-14(2)17(13)18-19(29-20(26)27-18)15-9-6-10-16(11-15)28-12-21(3,4)22(23,24)25/h5-11H,12H2,1-4H3,(H2,26,27). The van der Waals surface area contributed by atoms with Gasteiger partial charge >= 0.3 is 6.18 Å². The lowest BCUT2D eigenvalue weighted by Gasteiger charge is -2.27. The maximum Gasteiger partial charge on any atom is 0.397 e. The molecule has 0 aliphatic carbocycles. The van der Waals surface area contributed by atoms with E-state index < -0.39 is 18.2 Å². The van der Waals surface area contributed by atoms with E-state index in [1.54, 1.807) is 18.2 Å². The van der Waals surface area contributed by atoms with Crippen LogP contribution in [0.1, 0.15) is 25.0 Å². The minimum atomic E-state index is -4.34. The van der Waals surface area contributed by atoms with Crippen LogP contribution in [0.25, 0.3) is 21.7 Å². The van der Waals surface area contributed by atoms with Gasteiger partial charge < -0.3 is 10.5 Å². The van der Waals surface area contributed by atoms with Gasteiger partial charge in [0.25, 0.3) is 0 Å². The number of halogens is 3. The molecular formula is C22H23F3N2OS. The second-order valence-corrected chi connectivity index (χ2v) is 8.73. The highest BCUT2D eigenvalue weighted by Crippen LogP contribution is 2.42. The zero-order chi connectivity index (χ0) is 21.4. The number of nitrogens with zero attached hydrogens (tertiary/aromatic N) is 1. The Morgan fingerprint density at radius 3 is 2.28 bits per heavy atom. The van der Waals surface area contributed by atoms with Gasteiger partial charge in [-0.2, -0.15) is 13.2 Å². The van der Waals surface area contributed by atoms with Crippen molar-refractivity contribution >= 4 is 16.5 Å². The molecule has 2 N–H and O–H groups in total. The molecule has 3 nitrogen and oxygen atoms in total. The molecule has 7 heteroatoms. The third-order valence-corrected chi connectivity index (χ3v) is 5.76. The van der Waals surface area contributed by atoms with E-state index in [-0.39, 0.29) is 0 Å². The topological polar surface area (TPSA) is 48.1 Å². The van der Waals surface area contributed by atoms with Crippen LogP contribution in [0.15, 0.2) is 42.5 Å². The van der Waals surface area contributed by atoms with Gasteiger partial charge in [0.05, 0.1) is 16.0 Å². The van der Waals surface area contributed by atoms with E-state index in [1.807, 2.05) is 38.1 Å². The second-order valence-electron chi connectivity index (χ2n) is 7.69. The Morgan fingerprint density at radius 1 is 1.03 bits per heavy atom. The number of aryl methyl sites for hydroxylation is 2. The van der Waals surface area contributed by atoms with Crippen LogP contribution < -0.4 is 10.5 Å². The molecule has 1 heterocycles. The van der Waals surface area contributed by atoms with Crippen molar-refractivity contribution in [3.63, 3.8) is 0 Å². The predicted molar refractivity (Wildman–Crippen MR) is 112 cm³/mol. The van der Waals surface area contributed by atoms with Crippen molar-refractivity contribution in [2.75, 3.05) is 12.3 Å². The number of nitrogen functional groups attached to an aromatic ring is 1. The second kappa shape index (κ2) is 7.71. The van der Waals surface area contributed by atoms with E-state index in [0.717, 1.165) is 46.7 Å². The van der Waals surface area contributed by atoms with E-state index in [4.69, 9.17) is 10.5 Å². The van der Waals surface area contributed by atoms with Gasteiger partial charge in [0.1, 0.15) is 12.4 Å². The van der Waals surface area contributed by atoms with Gasteiger partial charge in [0.15, 0.2) is 5.13 Å². The molecule has 3 aromatic rings. The highest BCUT2D eigenvalue weighted by Gasteiger charge is 2.48. The molecule has 154 valence electrons. The van der Waals surface area contributed by atoms with Gasteiger partial charge in [-0.15, -0.1) is 0 Å². The summed E-state index contributed by atoms with van der Waals surface area (Å²) in [5, 5.41) is 0.433. The minimum Gasteiger partial charge on any atom is -0.493 e. The van der Waals surface area contributed by atoms with E-state index >= 15 is 0 Å². The molecule has 0 aliphatic heterocycles. The molecule has 0 atom stereocenters. The molecule has 0 bridgehead atoms. The number of hydrogen-bond acceptors (Lipinski definition) is 4. The molecule has 0 unspecified atom stereocenters. The fourth-order valence-electron chi connectivity index (χ4n) is 2.96. The van der Waals surface area contributed by atoms with Crippen molar-refractivity contribution in [3.05, 3.63) is 53.6 Å². The first-order valence-electron chi connectivity index (χ1n) is 9.12. The number of aromatic nitrogens is 1. The Balaban J connectivity index is 1.97. The molecular weight excluding hydrogens is 397 g/mol. The van der Waals surface area contributed by atoms with Crippen LogP contribution in [0.4, 0.5) is 18.3 Å². The quantitative estimate of drug-likeness (QED) is 0.503. The average Bonchev–Trinajstić information content (AvgIpc) is 3.01. The van der Waals surface area contributed by atoms with Crippen LogP contribution in [0.2, 0.25) is 0 Å². The van der Waals surface area contributed by atoms with Crippen molar-refractivity contribution in [3.8, 4) is 27.4 Å². The maximum atomic E-state index is 13.1. The molecule has 2 aromatic carbocycles. The number of thiazole rings is 1. The van der Waals surface area contributed by atoms with Crippen LogP contribution in [0.3, 0.4) is 0 Å². The van der Waals surface area contributed by atoms with E-state index in [2.05, 4.69) is 4.98 Å². The van der Waals surface area contributed by atoms with Crippen LogP contribution in [-0.2, 0) is 0 Å². The number of nitrogens with two attached hydrogens (primary N) is 1. The lowest BCUT2D eigenvalue weighted by atomic mass is 9.94. The van der Waals surface area contributed by atoms with Crippen LogP contribution in [-0.4, -0.2) is 17.8 Å². The molecule has 0 radical (unpaired) electrons. The third kappa shape index (κ3) is 4.40. The first-order chi connectivity index (χ1) is 13.5. The molecule has 3 rings (SSSR count). The van der Waals surface area contributed by atoms with Gasteiger partial charge in [-0.3, -0.25) is 0 Å². The Hall–Kier alpha value is -2.54. The van der Waals surface area contributed by atoms with Crippen LogP contribution in [0.5, 0.6) is 5.75 Å². The zero-order valence-corrected chi connectivity index (χ0v) is 17.5. The summed E-state index contributed by atoms with van der Waals surface area (Å²) in [5.41, 5.74) is 8.82. The van der Waals surface area contributed by atoms with E-state index in [1.165, 1.54) is 11.3 Å². The van der Waals surface area contributed by atoms with Crippen molar-refractivity contribution in [2.45, 2.75) is 33.9 Å². The van der Waals surface area contributed by atoms with Gasteiger partial charge in [-0.25, -0.2) is 4.98 Å². The zero-order valence-electron chi connectivity index (χ0n) is 16.7. The number of hydrogen-bond donors (Lipinski definition) is 1. The Bertz CT molecular complexity index is 1000. The third-order valence-electron chi connectivity index (χ3n) is 4.82. The summed E-state index contributed by atoms with van der Waals surface area (Å²) in [6, 6.07) is 13.0. The monoisotopic (exact) mass is 420 g/mol. The predicted octanol–water partition coefficient (Wildman–Crippen LogP) is 6.64. The Labute approximate surface area is 172 Å². The summed E-state index contributed by atoms with van der Waals surface area (Å²) in [4.78, 5) is 5.39. The van der Waals surface area contributed by atoms with E-state index in [9.17, 15) is 13.2 Å². The summed E-state index contributed by atoms with van der Waals surface area (Å²) in [7, 11) is 0. The highest BCUT2D eigenvalue weighted by atomic mass is 32.1. The summed E-state index contributed by atoms with van der Waals surface area (Å²) >= 11 is 1.35. The molecule has 1 aromatic heterocycles. The van der Waals surface area contributed by atoms with E-state index in [0.29, 0.717) is 10.9 Å². The Morgan fingerprint density at radius 2 is 1.66 bits per heavy atom. The molecule has 0 aliphatic rings. The highest BCUT2D eigenvalue weighted by molar-refractivity contribution is 7.19. The largest absolute Gasteiger partial charge is 0.493 e. The van der Waals surface area contributed by atoms with Gasteiger partial charge in [0, 0.05) is 5.56 Å². The number of benzene rings is 2. The van der Waals surface area contributed by atoms with Crippen molar-refractivity contribution < 1.29 is 17.9 Å².